The SMILES string of the molecule is C=CCN1C(=O)CCC1C(=O)/C=C/c1ccccc1. The maximum Gasteiger partial charge on any atom is 0.223 e. The van der Waals surface area contributed by atoms with Crippen molar-refractivity contribution >= 4 is 17.8 Å². The number of amides is 1. The van der Waals surface area contributed by atoms with E-state index in [1.54, 1.807) is 23.1 Å². The zero-order valence-corrected chi connectivity index (χ0v) is 10.8. The Morgan fingerprint density at radius 3 is 2.79 bits per heavy atom. The standard InChI is InChI=1S/C16H17NO2/c1-2-12-17-14(9-11-16(17)19)15(18)10-8-13-6-4-3-5-7-13/h2-8,10,14H,1,9,11-12H2/b10-8+. The van der Waals surface area contributed by atoms with Crippen LogP contribution in [0.5, 0.6) is 0 Å². The van der Waals surface area contributed by atoms with Crippen molar-refractivity contribution in [3.63, 3.8) is 0 Å². The van der Waals surface area contributed by atoms with E-state index in [1.807, 2.05) is 30.3 Å². The number of rotatable bonds is 5. The Bertz CT molecular complexity index is 505. The van der Waals surface area contributed by atoms with Gasteiger partial charge in [0, 0.05) is 13.0 Å². The number of hydrogen-bond donors (Lipinski definition) is 0. The van der Waals surface area contributed by atoms with Gasteiger partial charge in [-0.05, 0) is 18.1 Å². The minimum absolute atomic E-state index is 0.0171. The Balaban J connectivity index is 2.05. The van der Waals surface area contributed by atoms with E-state index >= 15 is 0 Å². The third-order valence-electron chi connectivity index (χ3n) is 3.22. The normalized spacial score (nSPS) is 19.1. The van der Waals surface area contributed by atoms with Gasteiger partial charge in [0.2, 0.25) is 5.91 Å². The van der Waals surface area contributed by atoms with Crippen LogP contribution in [-0.4, -0.2) is 29.2 Å². The van der Waals surface area contributed by atoms with Gasteiger partial charge >= 0.3 is 0 Å². The number of carbonyl (C=O) groups excluding carboxylic acids is 2. The molecule has 0 aliphatic carbocycles. The summed E-state index contributed by atoms with van der Waals surface area (Å²) in [6.45, 7) is 4.06. The van der Waals surface area contributed by atoms with Crippen LogP contribution in [0.4, 0.5) is 0 Å². The minimum Gasteiger partial charge on any atom is -0.329 e. The van der Waals surface area contributed by atoms with Gasteiger partial charge in [0.1, 0.15) is 0 Å². The van der Waals surface area contributed by atoms with Crippen molar-refractivity contribution in [2.75, 3.05) is 6.54 Å². The molecule has 1 heterocycles. The summed E-state index contributed by atoms with van der Waals surface area (Å²) >= 11 is 0. The van der Waals surface area contributed by atoms with Crippen LogP contribution in [0.2, 0.25) is 0 Å². The van der Waals surface area contributed by atoms with E-state index < -0.39 is 0 Å². The van der Waals surface area contributed by atoms with Crippen molar-refractivity contribution in [2.24, 2.45) is 0 Å². The third kappa shape index (κ3) is 3.19. The van der Waals surface area contributed by atoms with E-state index in [-0.39, 0.29) is 17.7 Å². The molecule has 3 nitrogen and oxygen atoms in total. The highest BCUT2D eigenvalue weighted by atomic mass is 16.2. The highest BCUT2D eigenvalue weighted by Crippen LogP contribution is 2.20. The highest BCUT2D eigenvalue weighted by molar-refractivity contribution is 6.01. The largest absolute Gasteiger partial charge is 0.329 e. The fourth-order valence-electron chi connectivity index (χ4n) is 2.25. The van der Waals surface area contributed by atoms with Crippen molar-refractivity contribution in [3.05, 3.63) is 54.6 Å². The second-order valence-electron chi connectivity index (χ2n) is 4.54. The summed E-state index contributed by atoms with van der Waals surface area (Å²) in [5.74, 6) is 0.0166. The molecule has 0 radical (unpaired) electrons. The Labute approximate surface area is 113 Å². The van der Waals surface area contributed by atoms with E-state index in [9.17, 15) is 9.59 Å². The third-order valence-corrected chi connectivity index (χ3v) is 3.22. The van der Waals surface area contributed by atoms with Crippen LogP contribution in [0.3, 0.4) is 0 Å². The predicted octanol–water partition coefficient (Wildman–Crippen LogP) is 2.45. The molecule has 1 aliphatic heterocycles. The topological polar surface area (TPSA) is 37.4 Å². The lowest BCUT2D eigenvalue weighted by Gasteiger charge is -2.20. The lowest BCUT2D eigenvalue weighted by atomic mass is 10.1. The first-order valence-corrected chi connectivity index (χ1v) is 6.39. The number of carbonyl (C=O) groups is 2. The summed E-state index contributed by atoms with van der Waals surface area (Å²) < 4.78 is 0. The van der Waals surface area contributed by atoms with Crippen molar-refractivity contribution in [3.8, 4) is 0 Å². The molecule has 1 aromatic rings. The van der Waals surface area contributed by atoms with Crippen LogP contribution in [0.1, 0.15) is 18.4 Å². The molecule has 0 aromatic heterocycles. The Morgan fingerprint density at radius 2 is 2.11 bits per heavy atom. The van der Waals surface area contributed by atoms with Crippen molar-refractivity contribution in [1.29, 1.82) is 0 Å². The van der Waals surface area contributed by atoms with E-state index in [0.717, 1.165) is 5.56 Å². The van der Waals surface area contributed by atoms with Gasteiger partial charge in [-0.25, -0.2) is 0 Å². The smallest absolute Gasteiger partial charge is 0.223 e. The van der Waals surface area contributed by atoms with Crippen LogP contribution in [0.15, 0.2) is 49.1 Å². The molecular formula is C16H17NO2. The molecular weight excluding hydrogens is 238 g/mol. The van der Waals surface area contributed by atoms with Gasteiger partial charge < -0.3 is 4.90 Å². The molecule has 1 fully saturated rings. The first kappa shape index (κ1) is 13.3. The van der Waals surface area contributed by atoms with E-state index in [2.05, 4.69) is 6.58 Å². The second-order valence-corrected chi connectivity index (χ2v) is 4.54. The average molecular weight is 255 g/mol. The first-order valence-electron chi connectivity index (χ1n) is 6.39. The molecule has 19 heavy (non-hydrogen) atoms. The summed E-state index contributed by atoms with van der Waals surface area (Å²) in [5, 5.41) is 0. The second kappa shape index (κ2) is 6.14. The van der Waals surface area contributed by atoms with Crippen molar-refractivity contribution in [1.82, 2.24) is 4.90 Å². The summed E-state index contributed by atoms with van der Waals surface area (Å²) in [5.41, 5.74) is 0.982. The minimum atomic E-state index is -0.328. The molecule has 0 N–H and O–H groups in total. The summed E-state index contributed by atoms with van der Waals surface area (Å²) in [7, 11) is 0. The molecule has 1 saturated heterocycles. The molecule has 98 valence electrons. The van der Waals surface area contributed by atoms with Gasteiger partial charge in [-0.1, -0.05) is 42.5 Å². The van der Waals surface area contributed by atoms with Crippen LogP contribution >= 0.6 is 0 Å². The molecule has 3 heteroatoms. The molecule has 1 unspecified atom stereocenters. The van der Waals surface area contributed by atoms with Crippen LogP contribution in [0, 0.1) is 0 Å². The molecule has 1 aromatic carbocycles. The monoisotopic (exact) mass is 255 g/mol. The fourth-order valence-corrected chi connectivity index (χ4v) is 2.25. The molecule has 1 aliphatic rings. The molecule has 1 amide bonds. The van der Waals surface area contributed by atoms with E-state index in [1.165, 1.54) is 0 Å². The Kier molecular flexibility index (Phi) is 4.29. The van der Waals surface area contributed by atoms with Crippen molar-refractivity contribution < 1.29 is 9.59 Å². The van der Waals surface area contributed by atoms with Gasteiger partial charge in [0.25, 0.3) is 0 Å². The molecule has 0 saturated carbocycles. The quantitative estimate of drug-likeness (QED) is 0.598. The predicted molar refractivity (Wildman–Crippen MR) is 75.4 cm³/mol. The zero-order chi connectivity index (χ0) is 13.7. The summed E-state index contributed by atoms with van der Waals surface area (Å²) in [6, 6.07) is 9.32. The highest BCUT2D eigenvalue weighted by Gasteiger charge is 2.33. The Morgan fingerprint density at radius 1 is 1.37 bits per heavy atom. The van der Waals surface area contributed by atoms with Crippen LogP contribution in [0.25, 0.3) is 6.08 Å². The first-order chi connectivity index (χ1) is 9.22. The number of likely N-dealkylation sites (tertiary alicyclic amines) is 1. The number of nitrogens with zero attached hydrogens (tertiary/aromatic N) is 1. The van der Waals surface area contributed by atoms with Crippen LogP contribution < -0.4 is 0 Å². The molecule has 2 rings (SSSR count). The number of ketones is 1. The lowest BCUT2D eigenvalue weighted by Crippen LogP contribution is -2.37. The van der Waals surface area contributed by atoms with Gasteiger partial charge in [-0.3, -0.25) is 9.59 Å². The van der Waals surface area contributed by atoms with Crippen LogP contribution in [-0.2, 0) is 9.59 Å². The molecule has 0 bridgehead atoms. The zero-order valence-electron chi connectivity index (χ0n) is 10.8. The maximum atomic E-state index is 12.1. The number of benzene rings is 1. The summed E-state index contributed by atoms with van der Waals surface area (Å²) in [6.07, 6.45) is 6.06. The number of hydrogen-bond acceptors (Lipinski definition) is 2. The fraction of sp³-hybridized carbons (Fsp3) is 0.250. The Hall–Kier alpha value is -2.16. The maximum absolute atomic E-state index is 12.1. The van der Waals surface area contributed by atoms with E-state index in [4.69, 9.17) is 0 Å². The average Bonchev–Trinajstić information content (AvgIpc) is 2.80. The molecule has 1 atom stereocenters. The van der Waals surface area contributed by atoms with Gasteiger partial charge in [0.15, 0.2) is 5.78 Å². The van der Waals surface area contributed by atoms with E-state index in [0.29, 0.717) is 19.4 Å². The van der Waals surface area contributed by atoms with Gasteiger partial charge in [0.05, 0.1) is 6.04 Å². The van der Waals surface area contributed by atoms with Crippen molar-refractivity contribution in [2.45, 2.75) is 18.9 Å². The van der Waals surface area contributed by atoms with Gasteiger partial charge in [-0.2, -0.15) is 0 Å². The molecule has 0 spiro atoms. The summed E-state index contributed by atoms with van der Waals surface area (Å²) in [4.78, 5) is 25.4. The lowest BCUT2D eigenvalue weighted by molar-refractivity contribution is -0.132. The van der Waals surface area contributed by atoms with Gasteiger partial charge in [-0.15, -0.1) is 6.58 Å².